The van der Waals surface area contributed by atoms with Gasteiger partial charge in [0, 0.05) is 17.5 Å². The van der Waals surface area contributed by atoms with Gasteiger partial charge in [0.05, 0.1) is 5.69 Å². The molecule has 1 N–H and O–H groups in total. The Labute approximate surface area is 187 Å². The molecule has 1 unspecified atom stereocenters. The first-order chi connectivity index (χ1) is 14.2. The summed E-state index contributed by atoms with van der Waals surface area (Å²) < 4.78 is 6.18. The molecule has 0 aliphatic rings. The number of rotatable bonds is 7. The summed E-state index contributed by atoms with van der Waals surface area (Å²) in [7, 11) is 0. The molecule has 2 aromatic carbocycles. The first kappa shape index (κ1) is 21.8. The average molecular weight is 438 g/mol. The zero-order valence-electron chi connectivity index (χ0n) is 16.9. The number of benzene rings is 2. The number of aryl methyl sites for hydroxylation is 1. The number of halogens is 1. The molecular weight excluding hydrogens is 414 g/mol. The van der Waals surface area contributed by atoms with Gasteiger partial charge >= 0.3 is 0 Å². The third-order valence-electron chi connectivity index (χ3n) is 4.75. The van der Waals surface area contributed by atoms with E-state index in [-0.39, 0.29) is 18.3 Å². The molecule has 4 nitrogen and oxygen atoms in total. The molecule has 0 saturated heterocycles. The molecular formula is C24H24ClN3OS. The fourth-order valence-electron chi connectivity index (χ4n) is 3.08. The summed E-state index contributed by atoms with van der Waals surface area (Å²) in [4.78, 5) is 9.15. The lowest BCUT2D eigenvalue weighted by Gasteiger charge is -2.16. The zero-order valence-corrected chi connectivity index (χ0v) is 18.5. The summed E-state index contributed by atoms with van der Waals surface area (Å²) in [5.74, 6) is 1.63. The highest BCUT2D eigenvalue weighted by molar-refractivity contribution is 7.13. The van der Waals surface area contributed by atoms with Crippen molar-refractivity contribution in [2.75, 3.05) is 5.32 Å². The molecule has 6 heteroatoms. The number of nitrogens with one attached hydrogen (secondary N) is 1. The Kier molecular flexibility index (Phi) is 7.44. The van der Waals surface area contributed by atoms with Crippen LogP contribution in [0.2, 0.25) is 0 Å². The van der Waals surface area contributed by atoms with Gasteiger partial charge in [-0.3, -0.25) is 0 Å². The maximum Gasteiger partial charge on any atom is 0.188 e. The second kappa shape index (κ2) is 10.2. The van der Waals surface area contributed by atoms with Crippen LogP contribution in [0.15, 0.2) is 78.3 Å². The topological polar surface area (TPSA) is 47.0 Å². The molecule has 4 aromatic rings. The number of pyridine rings is 1. The minimum atomic E-state index is 0. The number of aromatic nitrogens is 2. The second-order valence-electron chi connectivity index (χ2n) is 6.94. The first-order valence-electron chi connectivity index (χ1n) is 9.60. The van der Waals surface area contributed by atoms with Crippen LogP contribution in [0, 0.1) is 6.92 Å². The summed E-state index contributed by atoms with van der Waals surface area (Å²) >= 11 is 1.56. The monoisotopic (exact) mass is 437 g/mol. The van der Waals surface area contributed by atoms with Crippen LogP contribution in [0.5, 0.6) is 5.75 Å². The van der Waals surface area contributed by atoms with E-state index in [0.717, 1.165) is 27.7 Å². The lowest BCUT2D eigenvalue weighted by molar-refractivity contribution is 0.306. The van der Waals surface area contributed by atoms with Crippen molar-refractivity contribution in [3.63, 3.8) is 0 Å². The molecule has 2 aromatic heterocycles. The van der Waals surface area contributed by atoms with Crippen molar-refractivity contribution in [3.8, 4) is 5.75 Å². The molecule has 4 rings (SSSR count). The lowest BCUT2D eigenvalue weighted by Crippen LogP contribution is -2.04. The van der Waals surface area contributed by atoms with Crippen LogP contribution in [0.1, 0.15) is 35.2 Å². The first-order valence-corrected chi connectivity index (χ1v) is 10.5. The van der Waals surface area contributed by atoms with E-state index in [1.54, 1.807) is 11.3 Å². The van der Waals surface area contributed by atoms with E-state index in [9.17, 15) is 0 Å². The van der Waals surface area contributed by atoms with Crippen molar-refractivity contribution in [2.24, 2.45) is 0 Å². The third-order valence-corrected chi connectivity index (χ3v) is 5.63. The number of anilines is 2. The van der Waals surface area contributed by atoms with E-state index in [2.05, 4.69) is 64.7 Å². The van der Waals surface area contributed by atoms with E-state index < -0.39 is 0 Å². The summed E-state index contributed by atoms with van der Waals surface area (Å²) in [6, 6.07) is 22.7. The van der Waals surface area contributed by atoms with Crippen LogP contribution in [0.3, 0.4) is 0 Å². The van der Waals surface area contributed by atoms with Gasteiger partial charge < -0.3 is 10.1 Å². The molecule has 0 amide bonds. The molecule has 30 heavy (non-hydrogen) atoms. The Morgan fingerprint density at radius 2 is 1.70 bits per heavy atom. The van der Waals surface area contributed by atoms with Crippen molar-refractivity contribution < 1.29 is 4.74 Å². The van der Waals surface area contributed by atoms with E-state index >= 15 is 0 Å². The quantitative estimate of drug-likeness (QED) is 0.347. The van der Waals surface area contributed by atoms with Crippen molar-refractivity contribution in [3.05, 3.63) is 101 Å². The second-order valence-corrected chi connectivity index (χ2v) is 7.80. The van der Waals surface area contributed by atoms with Crippen molar-refractivity contribution in [1.82, 2.24) is 9.97 Å². The highest BCUT2D eigenvalue weighted by Gasteiger charge is 2.14. The minimum absolute atomic E-state index is 0. The Hall–Kier alpha value is -2.89. The number of hydrogen-bond acceptors (Lipinski definition) is 5. The van der Waals surface area contributed by atoms with Crippen LogP contribution in [0.4, 0.5) is 10.9 Å². The molecule has 0 radical (unpaired) electrons. The third kappa shape index (κ3) is 5.38. The smallest absolute Gasteiger partial charge is 0.188 e. The zero-order chi connectivity index (χ0) is 20.1. The highest BCUT2D eigenvalue weighted by atomic mass is 35.5. The predicted molar refractivity (Wildman–Crippen MR) is 126 cm³/mol. The number of nitrogens with zero attached hydrogens (tertiary/aromatic N) is 2. The van der Waals surface area contributed by atoms with Gasteiger partial charge in [-0.1, -0.05) is 67.6 Å². The van der Waals surface area contributed by atoms with Crippen molar-refractivity contribution in [2.45, 2.75) is 26.4 Å². The summed E-state index contributed by atoms with van der Waals surface area (Å²) in [6.07, 6.45) is 1.91. The van der Waals surface area contributed by atoms with E-state index in [4.69, 9.17) is 4.74 Å². The van der Waals surface area contributed by atoms with Gasteiger partial charge in [-0.25, -0.2) is 9.97 Å². The summed E-state index contributed by atoms with van der Waals surface area (Å²) in [6.45, 7) is 4.65. The van der Waals surface area contributed by atoms with E-state index in [0.29, 0.717) is 12.4 Å². The molecule has 0 fully saturated rings. The molecule has 0 saturated carbocycles. The Balaban J connectivity index is 0.00000256. The molecule has 0 spiro atoms. The predicted octanol–water partition coefficient (Wildman–Crippen LogP) is 6.74. The molecule has 2 heterocycles. The van der Waals surface area contributed by atoms with Crippen LogP contribution in [0.25, 0.3) is 0 Å². The van der Waals surface area contributed by atoms with Gasteiger partial charge in [-0.2, -0.15) is 0 Å². The van der Waals surface area contributed by atoms with Gasteiger partial charge in [0.15, 0.2) is 16.7 Å². The Morgan fingerprint density at radius 1 is 1.00 bits per heavy atom. The number of hydrogen-bond donors (Lipinski definition) is 1. The molecule has 0 aliphatic carbocycles. The van der Waals surface area contributed by atoms with Crippen molar-refractivity contribution >= 4 is 34.7 Å². The number of thiazole rings is 1. The normalized spacial score (nSPS) is 11.4. The largest absolute Gasteiger partial charge is 0.485 e. The maximum atomic E-state index is 6.18. The Morgan fingerprint density at radius 3 is 2.37 bits per heavy atom. The highest BCUT2D eigenvalue weighted by Crippen LogP contribution is 2.33. The Bertz CT molecular complexity index is 1070. The van der Waals surface area contributed by atoms with Gasteiger partial charge in [-0.05, 0) is 29.7 Å². The van der Waals surface area contributed by atoms with Crippen LogP contribution < -0.4 is 10.1 Å². The minimum Gasteiger partial charge on any atom is -0.485 e. The molecule has 0 aliphatic heterocycles. The van der Waals surface area contributed by atoms with Crippen LogP contribution in [-0.4, -0.2) is 9.97 Å². The standard InChI is InChI=1S/C24H23N3OS.ClH/c1-17-16-29-24(26-17)27-23-22(28-15-19-9-5-3-6-10-19)13-21(14-25-23)18(2)20-11-7-4-8-12-20;/h3-14,16,18H,15H2,1-2H3,(H,25,26,27);1H. The number of ether oxygens (including phenoxy) is 1. The van der Waals surface area contributed by atoms with E-state index in [1.165, 1.54) is 5.56 Å². The SMILES string of the molecule is Cc1csc(Nc2ncc(C(C)c3ccccc3)cc2OCc2ccccc2)n1.Cl. The van der Waals surface area contributed by atoms with Gasteiger partial charge in [0.25, 0.3) is 0 Å². The molecule has 1 atom stereocenters. The van der Waals surface area contributed by atoms with Crippen molar-refractivity contribution in [1.29, 1.82) is 0 Å². The van der Waals surface area contributed by atoms with Crippen LogP contribution in [-0.2, 0) is 6.61 Å². The average Bonchev–Trinajstić information content (AvgIpc) is 3.18. The lowest BCUT2D eigenvalue weighted by atomic mass is 9.94. The van der Waals surface area contributed by atoms with Crippen LogP contribution >= 0.6 is 23.7 Å². The summed E-state index contributed by atoms with van der Waals surface area (Å²) in [5.41, 5.74) is 4.46. The summed E-state index contributed by atoms with van der Waals surface area (Å²) in [5, 5.41) is 6.13. The maximum absolute atomic E-state index is 6.18. The van der Waals surface area contributed by atoms with Gasteiger partial charge in [-0.15, -0.1) is 23.7 Å². The van der Waals surface area contributed by atoms with Gasteiger partial charge in [0.2, 0.25) is 0 Å². The van der Waals surface area contributed by atoms with E-state index in [1.807, 2.05) is 42.8 Å². The molecule has 0 bridgehead atoms. The molecule has 154 valence electrons. The fourth-order valence-corrected chi connectivity index (χ4v) is 3.77. The van der Waals surface area contributed by atoms with Gasteiger partial charge in [0.1, 0.15) is 6.61 Å². The fraction of sp³-hybridized carbons (Fsp3) is 0.167.